The highest BCUT2D eigenvalue weighted by Gasteiger charge is 2.65. The highest BCUT2D eigenvalue weighted by molar-refractivity contribution is 7.86. The average Bonchev–Trinajstić information content (AvgIpc) is 3.16. The Morgan fingerprint density at radius 2 is 1.25 bits per heavy atom. The molecule has 61 heavy (non-hydrogen) atoms. The van der Waals surface area contributed by atoms with E-state index in [1.165, 1.54) is 24.3 Å². The number of hydrogen-bond acceptors (Lipinski definition) is 11. The van der Waals surface area contributed by atoms with Crippen LogP contribution in [-0.4, -0.2) is 78.1 Å². The summed E-state index contributed by atoms with van der Waals surface area (Å²) in [5.74, 6) is -0.344. The van der Waals surface area contributed by atoms with Gasteiger partial charge < -0.3 is 24.4 Å². The van der Waals surface area contributed by atoms with Gasteiger partial charge in [-0.25, -0.2) is 9.59 Å². The first-order valence-electron chi connectivity index (χ1n) is 20.9. The second-order valence-electron chi connectivity index (χ2n) is 19.8. The molecule has 8 saturated carbocycles. The minimum Gasteiger partial charge on any atom is -0.487 e. The van der Waals surface area contributed by atoms with Gasteiger partial charge in [-0.2, -0.15) is 16.8 Å². The summed E-state index contributed by atoms with van der Waals surface area (Å²) in [5.41, 5.74) is -2.81. The van der Waals surface area contributed by atoms with Crippen LogP contribution in [0.5, 0.6) is 5.75 Å². The summed E-state index contributed by atoms with van der Waals surface area (Å²) in [6, 6.07) is 20.1. The standard InChI is InChI=1S/C46H48O13S2/c47-40(34-9-32(31-4-2-1-3-5-31)12-37(13-34)60(51,52)53)58-27-43-17-30-20-45(50,23-43)25-46(21-30,24-43)59-36-6-7-38-33(11-36)10-35(14-39(38)61(54,55)56)41(48)57-26-42-15-28-8-29(16-42)19-44(49,18-28)22-42/h1-7,9-14,28-30,49-50H,8,15-27H2,(H,51,52,53)(H,54,55,56). The van der Waals surface area contributed by atoms with Crippen molar-refractivity contribution in [3.63, 3.8) is 0 Å². The molecule has 0 aromatic heterocycles. The third-order valence-corrected chi connectivity index (χ3v) is 16.3. The molecule has 6 unspecified atom stereocenters. The van der Waals surface area contributed by atoms with E-state index in [2.05, 4.69) is 0 Å². The molecule has 0 amide bonds. The minimum atomic E-state index is -4.78. The van der Waals surface area contributed by atoms with E-state index in [4.69, 9.17) is 14.2 Å². The van der Waals surface area contributed by atoms with Crippen molar-refractivity contribution in [1.82, 2.24) is 0 Å². The number of rotatable bonds is 11. The Kier molecular flexibility index (Phi) is 9.21. The van der Waals surface area contributed by atoms with E-state index in [0.29, 0.717) is 79.0 Å². The van der Waals surface area contributed by atoms with E-state index in [1.54, 1.807) is 42.5 Å². The van der Waals surface area contributed by atoms with Gasteiger partial charge in [-0.15, -0.1) is 0 Å². The average molecular weight is 873 g/mol. The topological polar surface area (TPSA) is 211 Å². The minimum absolute atomic E-state index is 0.0372. The Balaban J connectivity index is 0.897. The Hall–Kier alpha value is -4.38. The molecule has 4 aromatic carbocycles. The van der Waals surface area contributed by atoms with Gasteiger partial charge in [0.05, 0.1) is 40.4 Å². The molecule has 6 atom stereocenters. The van der Waals surface area contributed by atoms with Gasteiger partial charge in [0.1, 0.15) is 16.2 Å². The number of aliphatic hydroxyl groups is 2. The van der Waals surface area contributed by atoms with Gasteiger partial charge in [-0.3, -0.25) is 9.11 Å². The molecule has 0 saturated heterocycles. The number of carbonyl (C=O) groups is 2. The van der Waals surface area contributed by atoms with Crippen molar-refractivity contribution in [2.24, 2.45) is 28.6 Å². The summed E-state index contributed by atoms with van der Waals surface area (Å²) in [7, 11) is -9.44. The fraction of sp³-hybridized carbons (Fsp3) is 0.478. The van der Waals surface area contributed by atoms with Gasteiger partial charge in [0.15, 0.2) is 0 Å². The highest BCUT2D eigenvalue weighted by Crippen LogP contribution is 2.65. The van der Waals surface area contributed by atoms with Crippen LogP contribution in [0.15, 0.2) is 88.7 Å². The molecule has 0 spiro atoms. The molecule has 13 nitrogen and oxygen atoms in total. The van der Waals surface area contributed by atoms with Crippen LogP contribution in [0.3, 0.4) is 0 Å². The van der Waals surface area contributed by atoms with Crippen LogP contribution in [-0.2, 0) is 29.7 Å². The normalized spacial score (nSPS) is 33.5. The largest absolute Gasteiger partial charge is 0.487 e. The highest BCUT2D eigenvalue weighted by atomic mass is 32.2. The maximum atomic E-state index is 13.6. The Labute approximate surface area is 353 Å². The van der Waals surface area contributed by atoms with Crippen LogP contribution in [0.2, 0.25) is 0 Å². The molecule has 4 N–H and O–H groups in total. The molecular weight excluding hydrogens is 825 g/mol. The first kappa shape index (κ1) is 40.7. The molecule has 4 aromatic rings. The summed E-state index contributed by atoms with van der Waals surface area (Å²) >= 11 is 0. The van der Waals surface area contributed by atoms with E-state index < -0.39 is 64.2 Å². The van der Waals surface area contributed by atoms with E-state index in [-0.39, 0.29) is 41.1 Å². The molecular formula is C46H48O13S2. The van der Waals surface area contributed by atoms with E-state index >= 15 is 0 Å². The predicted molar refractivity (Wildman–Crippen MR) is 220 cm³/mol. The Bertz CT molecular complexity index is 2700. The number of ether oxygens (including phenoxy) is 3. The number of carbonyl (C=O) groups excluding carboxylic acids is 2. The lowest BCUT2D eigenvalue weighted by Crippen LogP contribution is -2.66. The maximum Gasteiger partial charge on any atom is 0.338 e. The zero-order valence-corrected chi connectivity index (χ0v) is 35.0. The van der Waals surface area contributed by atoms with Crippen molar-refractivity contribution in [1.29, 1.82) is 0 Å². The van der Waals surface area contributed by atoms with Crippen molar-refractivity contribution < 1.29 is 60.0 Å². The lowest BCUT2D eigenvalue weighted by molar-refractivity contribution is -0.228. The molecule has 12 rings (SSSR count). The van der Waals surface area contributed by atoms with Gasteiger partial charge in [-0.05, 0) is 153 Å². The first-order chi connectivity index (χ1) is 28.7. The number of benzene rings is 4. The maximum absolute atomic E-state index is 13.6. The number of hydrogen-bond donors (Lipinski definition) is 4. The van der Waals surface area contributed by atoms with Gasteiger partial charge in [0.2, 0.25) is 0 Å². The number of fused-ring (bicyclic) bond motifs is 1. The molecule has 8 fully saturated rings. The van der Waals surface area contributed by atoms with Crippen LogP contribution in [0, 0.1) is 28.6 Å². The zero-order valence-electron chi connectivity index (χ0n) is 33.4. The first-order valence-corrected chi connectivity index (χ1v) is 23.8. The van der Waals surface area contributed by atoms with Crippen LogP contribution >= 0.6 is 0 Å². The van der Waals surface area contributed by atoms with E-state index in [9.17, 15) is 45.7 Å². The van der Waals surface area contributed by atoms with Crippen molar-refractivity contribution in [2.45, 2.75) is 104 Å². The van der Waals surface area contributed by atoms with E-state index in [0.717, 1.165) is 44.2 Å². The molecule has 15 heteroatoms. The molecule has 0 aliphatic heterocycles. The smallest absolute Gasteiger partial charge is 0.338 e. The van der Waals surface area contributed by atoms with Crippen molar-refractivity contribution in [3.05, 3.63) is 90.0 Å². The fourth-order valence-corrected chi connectivity index (χ4v) is 14.9. The molecule has 8 bridgehead atoms. The molecule has 0 radical (unpaired) electrons. The third kappa shape index (κ3) is 7.65. The van der Waals surface area contributed by atoms with Gasteiger partial charge in [0, 0.05) is 22.6 Å². The Morgan fingerprint density at radius 3 is 1.90 bits per heavy atom. The SMILES string of the molecule is O=C(OCC12CC3CC(CC(O)(C3)C1)C2)c1cc(S(=O)(=O)O)c2ccc(OC34CC5CC(O)(CC(COC(=O)c6cc(-c7ccccc7)cc(S(=O)(=O)O)c6)(C5)C3)C4)cc2c1. The Morgan fingerprint density at radius 1 is 0.607 bits per heavy atom. The molecule has 0 heterocycles. The van der Waals surface area contributed by atoms with E-state index in [1.807, 2.05) is 0 Å². The third-order valence-electron chi connectivity index (χ3n) is 14.6. The second kappa shape index (κ2) is 13.8. The summed E-state index contributed by atoms with van der Waals surface area (Å²) in [6.45, 7) is 0.0359. The summed E-state index contributed by atoms with van der Waals surface area (Å²) in [5, 5.41) is 23.6. The van der Waals surface area contributed by atoms with Crippen molar-refractivity contribution >= 4 is 42.9 Å². The van der Waals surface area contributed by atoms with Crippen molar-refractivity contribution in [3.8, 4) is 16.9 Å². The summed E-state index contributed by atoms with van der Waals surface area (Å²) in [6.07, 6.45) is 7.84. The summed E-state index contributed by atoms with van der Waals surface area (Å²) in [4.78, 5) is 26.4. The van der Waals surface area contributed by atoms with Crippen LogP contribution < -0.4 is 4.74 Å². The molecule has 8 aliphatic carbocycles. The fourth-order valence-electron chi connectivity index (χ4n) is 13.6. The van der Waals surface area contributed by atoms with Crippen LogP contribution in [0.1, 0.15) is 97.8 Å². The van der Waals surface area contributed by atoms with Gasteiger partial charge in [0.25, 0.3) is 20.2 Å². The molecule has 8 aliphatic rings. The van der Waals surface area contributed by atoms with Crippen molar-refractivity contribution in [2.75, 3.05) is 13.2 Å². The lowest BCUT2D eigenvalue weighted by atomic mass is 9.46. The second-order valence-corrected chi connectivity index (χ2v) is 22.6. The zero-order chi connectivity index (χ0) is 42.8. The lowest BCUT2D eigenvalue weighted by Gasteiger charge is -2.64. The number of esters is 2. The van der Waals surface area contributed by atoms with Gasteiger partial charge in [-0.1, -0.05) is 30.3 Å². The van der Waals surface area contributed by atoms with Crippen LogP contribution in [0.4, 0.5) is 0 Å². The quantitative estimate of drug-likeness (QED) is 0.0871. The predicted octanol–water partition coefficient (Wildman–Crippen LogP) is 7.18. The molecule has 322 valence electrons. The van der Waals surface area contributed by atoms with Gasteiger partial charge >= 0.3 is 11.9 Å². The van der Waals surface area contributed by atoms with Crippen LogP contribution in [0.25, 0.3) is 21.9 Å². The monoisotopic (exact) mass is 872 g/mol. The summed E-state index contributed by atoms with van der Waals surface area (Å²) < 4.78 is 88.5.